The Kier molecular flexibility index (Phi) is 8.68. The molecule has 3 fully saturated rings. The molecule has 1 amide bonds. The van der Waals surface area contributed by atoms with E-state index in [4.69, 9.17) is 9.47 Å². The van der Waals surface area contributed by atoms with Gasteiger partial charge in [0, 0.05) is 57.0 Å². The number of carbonyl (C=O) groups is 1. The van der Waals surface area contributed by atoms with E-state index in [1.165, 1.54) is 12.5 Å². The predicted octanol–water partition coefficient (Wildman–Crippen LogP) is 4.10. The van der Waals surface area contributed by atoms with Crippen LogP contribution in [0.15, 0.2) is 31.2 Å². The van der Waals surface area contributed by atoms with E-state index in [1.54, 1.807) is 0 Å². The minimum absolute atomic E-state index is 0.166. The van der Waals surface area contributed by atoms with Crippen molar-refractivity contribution in [1.29, 1.82) is 0 Å². The first-order chi connectivity index (χ1) is 17.6. The van der Waals surface area contributed by atoms with Gasteiger partial charge in [-0.2, -0.15) is 13.2 Å². The number of aromatic nitrogens is 1. The van der Waals surface area contributed by atoms with Gasteiger partial charge in [0.05, 0.1) is 30.5 Å². The third-order valence-corrected chi connectivity index (χ3v) is 8.48. The monoisotopic (exact) mass is 524 g/mol. The quantitative estimate of drug-likeness (QED) is 0.491. The van der Waals surface area contributed by atoms with Gasteiger partial charge in [0.15, 0.2) is 0 Å². The second-order valence-corrected chi connectivity index (χ2v) is 10.8. The Hall–Kier alpha value is -2.33. The number of anilines is 1. The number of pyridine rings is 1. The summed E-state index contributed by atoms with van der Waals surface area (Å²) in [5, 5.41) is 3.74. The standard InChI is InChI=1S/C27H39F3N4O3/c1-4-36-17-19(2)20(3)32-23-5-8-26(16-23,22-7-14-37-18-22)25(35)34-12-10-33(11-13-34)24-15-21(6-9-31-24)27(28,29)30/h4,6,9,15,19-20,22-23,32H,1,5,7-8,10-14,16-18H2,2-3H3/t19?,20?,22?,23-,26+/m1/s1. The van der Waals surface area contributed by atoms with E-state index in [9.17, 15) is 18.0 Å². The summed E-state index contributed by atoms with van der Waals surface area (Å²) in [5.74, 6) is 0.956. The number of piperazine rings is 1. The van der Waals surface area contributed by atoms with Crippen molar-refractivity contribution < 1.29 is 27.4 Å². The molecule has 3 aliphatic rings. The molecule has 1 aromatic heterocycles. The molecule has 206 valence electrons. The number of alkyl halides is 3. The summed E-state index contributed by atoms with van der Waals surface area (Å²) < 4.78 is 50.5. The minimum atomic E-state index is -4.41. The molecule has 0 radical (unpaired) electrons. The predicted molar refractivity (Wildman–Crippen MR) is 135 cm³/mol. The van der Waals surface area contributed by atoms with Crippen LogP contribution in [0.5, 0.6) is 0 Å². The molecule has 0 spiro atoms. The van der Waals surface area contributed by atoms with E-state index in [0.717, 1.165) is 37.8 Å². The Morgan fingerprint density at radius 2 is 2.08 bits per heavy atom. The van der Waals surface area contributed by atoms with Gasteiger partial charge in [-0.3, -0.25) is 4.79 Å². The Bertz CT molecular complexity index is 932. The summed E-state index contributed by atoms with van der Waals surface area (Å²) in [6.07, 6.45) is 1.65. The molecular formula is C27H39F3N4O3. The molecule has 3 unspecified atom stereocenters. The highest BCUT2D eigenvalue weighted by atomic mass is 19.4. The molecule has 0 aromatic carbocycles. The van der Waals surface area contributed by atoms with Crippen LogP contribution in [0.2, 0.25) is 0 Å². The van der Waals surface area contributed by atoms with E-state index in [0.29, 0.717) is 57.7 Å². The highest BCUT2D eigenvalue weighted by molar-refractivity contribution is 5.84. The van der Waals surface area contributed by atoms with Crippen LogP contribution in [0.25, 0.3) is 0 Å². The zero-order chi connectivity index (χ0) is 26.6. The van der Waals surface area contributed by atoms with Crippen molar-refractivity contribution >= 4 is 11.7 Å². The van der Waals surface area contributed by atoms with Crippen LogP contribution in [0.1, 0.15) is 45.1 Å². The number of halogens is 3. The van der Waals surface area contributed by atoms with E-state index >= 15 is 0 Å². The zero-order valence-corrected chi connectivity index (χ0v) is 21.8. The molecule has 10 heteroatoms. The van der Waals surface area contributed by atoms with Gasteiger partial charge in [-0.25, -0.2) is 4.98 Å². The molecule has 2 aliphatic heterocycles. The lowest BCUT2D eigenvalue weighted by Gasteiger charge is -2.42. The first-order valence-electron chi connectivity index (χ1n) is 13.3. The molecule has 1 saturated carbocycles. The summed E-state index contributed by atoms with van der Waals surface area (Å²) in [6, 6.07) is 2.54. The van der Waals surface area contributed by atoms with Crippen LogP contribution in [-0.2, 0) is 20.4 Å². The fourth-order valence-corrected chi connectivity index (χ4v) is 6.05. The Morgan fingerprint density at radius 3 is 2.73 bits per heavy atom. The SMILES string of the molecule is C=COCC(C)C(C)N[C@@H]1CC[C@@](C(=O)N2CCN(c3cc(C(F)(F)F)ccn3)CC2)(C2CCOC2)C1. The fraction of sp³-hybridized carbons (Fsp3) is 0.704. The first-order valence-corrected chi connectivity index (χ1v) is 13.3. The maximum absolute atomic E-state index is 14.1. The maximum atomic E-state index is 14.1. The van der Waals surface area contributed by atoms with E-state index in [-0.39, 0.29) is 23.9 Å². The molecule has 37 heavy (non-hydrogen) atoms. The summed E-state index contributed by atoms with van der Waals surface area (Å²) in [5.41, 5.74) is -1.17. The summed E-state index contributed by atoms with van der Waals surface area (Å²) in [4.78, 5) is 22.0. The lowest BCUT2D eigenvalue weighted by molar-refractivity contribution is -0.146. The summed E-state index contributed by atoms with van der Waals surface area (Å²) >= 11 is 0. The lowest BCUT2D eigenvalue weighted by atomic mass is 9.72. The van der Waals surface area contributed by atoms with Gasteiger partial charge in [-0.15, -0.1) is 0 Å². The number of ether oxygens (including phenoxy) is 2. The van der Waals surface area contributed by atoms with Gasteiger partial charge < -0.3 is 24.6 Å². The second kappa shape index (κ2) is 11.6. The topological polar surface area (TPSA) is 66.9 Å². The van der Waals surface area contributed by atoms with Crippen LogP contribution in [0.4, 0.5) is 19.0 Å². The van der Waals surface area contributed by atoms with Crippen molar-refractivity contribution in [2.75, 3.05) is 50.9 Å². The smallest absolute Gasteiger partial charge is 0.416 e. The van der Waals surface area contributed by atoms with E-state index < -0.39 is 17.2 Å². The molecule has 0 bridgehead atoms. The average molecular weight is 525 g/mol. The van der Waals surface area contributed by atoms with Gasteiger partial charge in [0.2, 0.25) is 5.91 Å². The molecule has 3 heterocycles. The Labute approximate surface area is 217 Å². The van der Waals surface area contributed by atoms with Crippen LogP contribution in [0.3, 0.4) is 0 Å². The third-order valence-electron chi connectivity index (χ3n) is 8.48. The molecule has 2 saturated heterocycles. The molecule has 1 N–H and O–H groups in total. The largest absolute Gasteiger partial charge is 0.501 e. The number of hydrogen-bond acceptors (Lipinski definition) is 6. The number of rotatable bonds is 9. The minimum Gasteiger partial charge on any atom is -0.501 e. The Balaban J connectivity index is 1.41. The van der Waals surface area contributed by atoms with Crippen molar-refractivity contribution in [3.8, 4) is 0 Å². The maximum Gasteiger partial charge on any atom is 0.416 e. The van der Waals surface area contributed by atoms with Gasteiger partial charge in [-0.1, -0.05) is 13.5 Å². The third kappa shape index (κ3) is 6.22. The van der Waals surface area contributed by atoms with Crippen molar-refractivity contribution in [3.63, 3.8) is 0 Å². The number of nitrogens with zero attached hydrogens (tertiary/aromatic N) is 3. The average Bonchev–Trinajstić information content (AvgIpc) is 3.58. The molecule has 4 rings (SSSR count). The van der Waals surface area contributed by atoms with E-state index in [2.05, 4.69) is 30.7 Å². The van der Waals surface area contributed by atoms with Crippen molar-refractivity contribution in [3.05, 3.63) is 36.7 Å². The normalized spacial score (nSPS) is 28.2. The van der Waals surface area contributed by atoms with Crippen LogP contribution >= 0.6 is 0 Å². The molecule has 5 atom stereocenters. The zero-order valence-electron chi connectivity index (χ0n) is 21.8. The number of hydrogen-bond donors (Lipinski definition) is 1. The highest BCUT2D eigenvalue weighted by Crippen LogP contribution is 2.49. The molecule has 1 aliphatic carbocycles. The fourth-order valence-electron chi connectivity index (χ4n) is 6.05. The van der Waals surface area contributed by atoms with Crippen molar-refractivity contribution in [2.45, 2.75) is 57.8 Å². The van der Waals surface area contributed by atoms with E-state index in [1.807, 2.05) is 9.80 Å². The lowest BCUT2D eigenvalue weighted by Crippen LogP contribution is -2.55. The van der Waals surface area contributed by atoms with Gasteiger partial charge in [0.1, 0.15) is 5.82 Å². The number of nitrogens with one attached hydrogen (secondary N) is 1. The van der Waals surface area contributed by atoms with Crippen LogP contribution in [0, 0.1) is 17.3 Å². The van der Waals surface area contributed by atoms with Gasteiger partial charge in [0.25, 0.3) is 0 Å². The van der Waals surface area contributed by atoms with Gasteiger partial charge in [-0.05, 0) is 50.7 Å². The van der Waals surface area contributed by atoms with Crippen molar-refractivity contribution in [2.24, 2.45) is 17.3 Å². The summed E-state index contributed by atoms with van der Waals surface area (Å²) in [7, 11) is 0. The summed E-state index contributed by atoms with van der Waals surface area (Å²) in [6.45, 7) is 11.6. The first kappa shape index (κ1) is 27.7. The Morgan fingerprint density at radius 1 is 1.32 bits per heavy atom. The number of amides is 1. The van der Waals surface area contributed by atoms with Crippen molar-refractivity contribution in [1.82, 2.24) is 15.2 Å². The number of carbonyl (C=O) groups excluding carboxylic acids is 1. The molecule has 1 aromatic rings. The highest BCUT2D eigenvalue weighted by Gasteiger charge is 2.53. The second-order valence-electron chi connectivity index (χ2n) is 10.8. The van der Waals surface area contributed by atoms with Crippen LogP contribution < -0.4 is 10.2 Å². The molecular weight excluding hydrogens is 485 g/mol. The van der Waals surface area contributed by atoms with Gasteiger partial charge >= 0.3 is 6.18 Å². The van der Waals surface area contributed by atoms with Crippen LogP contribution in [-0.4, -0.2) is 73.9 Å². The molecule has 7 nitrogen and oxygen atoms in total.